The van der Waals surface area contributed by atoms with E-state index >= 15 is 0 Å². The second-order valence-corrected chi connectivity index (χ2v) is 8.32. The zero-order valence-electron chi connectivity index (χ0n) is 16.7. The topological polar surface area (TPSA) is 95.7 Å². The molecule has 4 N–H and O–H groups in total. The number of primary amides is 1. The van der Waals surface area contributed by atoms with Gasteiger partial charge >= 0.3 is 12.0 Å². The van der Waals surface area contributed by atoms with Crippen molar-refractivity contribution in [1.82, 2.24) is 0 Å². The Bertz CT molecular complexity index is 921. The van der Waals surface area contributed by atoms with E-state index in [1.165, 1.54) is 0 Å². The van der Waals surface area contributed by atoms with E-state index < -0.39 is 12.0 Å². The summed E-state index contributed by atoms with van der Waals surface area (Å²) in [6.07, 6.45) is 0.745. The molecule has 0 bridgehead atoms. The average molecular weight is 381 g/mol. The third-order valence-corrected chi connectivity index (χ3v) is 5.32. The first kappa shape index (κ1) is 19.7. The molecule has 2 amide bonds. The van der Waals surface area contributed by atoms with Crippen LogP contribution in [0.2, 0.25) is 0 Å². The van der Waals surface area contributed by atoms with Gasteiger partial charge in [-0.15, -0.1) is 0 Å². The molecule has 1 unspecified atom stereocenters. The highest BCUT2D eigenvalue weighted by molar-refractivity contribution is 5.91. The number of aromatic carboxylic acids is 1. The minimum absolute atomic E-state index is 0.0116. The molecule has 0 radical (unpaired) electrons. The highest BCUT2D eigenvalue weighted by Crippen LogP contribution is 2.45. The van der Waals surface area contributed by atoms with E-state index in [1.807, 2.05) is 44.2 Å². The first-order chi connectivity index (χ1) is 13.1. The van der Waals surface area contributed by atoms with Gasteiger partial charge in [0.15, 0.2) is 0 Å². The molecule has 0 aliphatic carbocycles. The van der Waals surface area contributed by atoms with Gasteiger partial charge in [0, 0.05) is 17.4 Å². The zero-order valence-corrected chi connectivity index (χ0v) is 16.7. The molecule has 148 valence electrons. The van der Waals surface area contributed by atoms with Gasteiger partial charge in [0.25, 0.3) is 0 Å². The largest absolute Gasteiger partial charge is 0.478 e. The van der Waals surface area contributed by atoms with Crippen LogP contribution in [0.1, 0.15) is 55.2 Å². The molecule has 0 spiro atoms. The standard InChI is InChI=1S/C22H27N3O3/c1-13(2)25(21(23)28)17-7-5-6-14(11-17)19-22(3,4)12-16-10-15(20(26)27)8-9-18(16)24-19/h5-11,13,19,24H,12H2,1-4H3,(H2,23,28)(H,26,27). The van der Waals surface area contributed by atoms with Crippen LogP contribution in [0.25, 0.3) is 0 Å². The number of benzene rings is 2. The van der Waals surface area contributed by atoms with E-state index in [1.54, 1.807) is 17.0 Å². The van der Waals surface area contributed by atoms with Crippen molar-refractivity contribution in [1.29, 1.82) is 0 Å². The molecule has 28 heavy (non-hydrogen) atoms. The zero-order chi connectivity index (χ0) is 20.6. The van der Waals surface area contributed by atoms with Gasteiger partial charge < -0.3 is 16.2 Å². The number of nitrogens with one attached hydrogen (secondary N) is 1. The summed E-state index contributed by atoms with van der Waals surface area (Å²) in [6, 6.07) is 12.5. The van der Waals surface area contributed by atoms with Crippen molar-refractivity contribution in [3.05, 3.63) is 59.2 Å². The summed E-state index contributed by atoms with van der Waals surface area (Å²) in [5.41, 5.74) is 9.48. The summed E-state index contributed by atoms with van der Waals surface area (Å²) >= 11 is 0. The number of carbonyl (C=O) groups is 2. The second-order valence-electron chi connectivity index (χ2n) is 8.32. The number of carboxylic acid groups (broad SMARTS) is 1. The first-order valence-electron chi connectivity index (χ1n) is 9.41. The smallest absolute Gasteiger partial charge is 0.335 e. The molecule has 1 heterocycles. The fourth-order valence-corrected chi connectivity index (χ4v) is 4.03. The maximum Gasteiger partial charge on any atom is 0.335 e. The number of carboxylic acids is 1. The van der Waals surface area contributed by atoms with Crippen molar-refractivity contribution in [2.24, 2.45) is 11.1 Å². The Labute approximate surface area is 165 Å². The molecular formula is C22H27N3O3. The minimum Gasteiger partial charge on any atom is -0.478 e. The van der Waals surface area contributed by atoms with Crippen LogP contribution in [0.15, 0.2) is 42.5 Å². The second kappa shape index (κ2) is 7.19. The maximum absolute atomic E-state index is 11.9. The van der Waals surface area contributed by atoms with E-state index in [2.05, 4.69) is 19.2 Å². The predicted molar refractivity (Wildman–Crippen MR) is 111 cm³/mol. The van der Waals surface area contributed by atoms with Gasteiger partial charge in [0.1, 0.15) is 0 Å². The Hall–Kier alpha value is -3.02. The lowest BCUT2D eigenvalue weighted by atomic mass is 9.72. The Morgan fingerprint density at radius 1 is 1.21 bits per heavy atom. The molecule has 0 saturated heterocycles. The molecule has 0 saturated carbocycles. The Morgan fingerprint density at radius 3 is 2.54 bits per heavy atom. The lowest BCUT2D eigenvalue weighted by Crippen LogP contribution is -2.41. The SMILES string of the molecule is CC(C)N(C(N)=O)c1cccc(C2Nc3ccc(C(=O)O)cc3CC2(C)C)c1. The van der Waals surface area contributed by atoms with Crippen molar-refractivity contribution < 1.29 is 14.7 Å². The summed E-state index contributed by atoms with van der Waals surface area (Å²) < 4.78 is 0. The lowest BCUT2D eigenvalue weighted by molar-refractivity contribution is 0.0696. The Morgan fingerprint density at radius 2 is 1.93 bits per heavy atom. The van der Waals surface area contributed by atoms with E-state index in [9.17, 15) is 14.7 Å². The number of fused-ring (bicyclic) bond motifs is 1. The van der Waals surface area contributed by atoms with Crippen LogP contribution < -0.4 is 16.0 Å². The molecule has 2 aromatic rings. The number of carbonyl (C=O) groups excluding carboxylic acids is 1. The molecule has 3 rings (SSSR count). The summed E-state index contributed by atoms with van der Waals surface area (Å²) in [5, 5.41) is 12.8. The quantitative estimate of drug-likeness (QED) is 0.731. The Kier molecular flexibility index (Phi) is 5.06. The van der Waals surface area contributed by atoms with Crippen LogP contribution in [0.4, 0.5) is 16.2 Å². The normalized spacial score (nSPS) is 17.5. The molecule has 1 atom stereocenters. The molecular weight excluding hydrogens is 354 g/mol. The van der Waals surface area contributed by atoms with E-state index in [0.717, 1.165) is 28.9 Å². The summed E-state index contributed by atoms with van der Waals surface area (Å²) in [6.45, 7) is 8.16. The van der Waals surface area contributed by atoms with Crippen LogP contribution >= 0.6 is 0 Å². The summed E-state index contributed by atoms with van der Waals surface area (Å²) in [7, 11) is 0. The molecule has 0 fully saturated rings. The van der Waals surface area contributed by atoms with Gasteiger partial charge in [-0.3, -0.25) is 4.90 Å². The van der Waals surface area contributed by atoms with E-state index in [-0.39, 0.29) is 17.5 Å². The molecule has 6 heteroatoms. The number of urea groups is 1. The van der Waals surface area contributed by atoms with Crippen molar-refractivity contribution in [3.63, 3.8) is 0 Å². The first-order valence-corrected chi connectivity index (χ1v) is 9.41. The Balaban J connectivity index is 1.99. The number of nitrogens with two attached hydrogens (primary N) is 1. The van der Waals surface area contributed by atoms with Crippen molar-refractivity contribution in [2.75, 3.05) is 10.2 Å². The van der Waals surface area contributed by atoms with Gasteiger partial charge in [-0.1, -0.05) is 26.0 Å². The summed E-state index contributed by atoms with van der Waals surface area (Å²) in [5.74, 6) is -0.921. The number of hydrogen-bond acceptors (Lipinski definition) is 3. The van der Waals surface area contributed by atoms with Crippen LogP contribution in [-0.2, 0) is 6.42 Å². The van der Waals surface area contributed by atoms with Gasteiger partial charge in [-0.2, -0.15) is 0 Å². The third-order valence-electron chi connectivity index (χ3n) is 5.32. The van der Waals surface area contributed by atoms with Crippen LogP contribution in [0.5, 0.6) is 0 Å². The highest BCUT2D eigenvalue weighted by Gasteiger charge is 2.36. The number of rotatable bonds is 4. The summed E-state index contributed by atoms with van der Waals surface area (Å²) in [4.78, 5) is 24.7. The minimum atomic E-state index is -0.921. The van der Waals surface area contributed by atoms with Crippen LogP contribution in [0.3, 0.4) is 0 Å². The monoisotopic (exact) mass is 381 g/mol. The van der Waals surface area contributed by atoms with Crippen molar-refractivity contribution in [2.45, 2.75) is 46.2 Å². The molecule has 2 aromatic carbocycles. The lowest BCUT2D eigenvalue weighted by Gasteiger charge is -2.41. The fraction of sp³-hybridized carbons (Fsp3) is 0.364. The number of hydrogen-bond donors (Lipinski definition) is 3. The van der Waals surface area contributed by atoms with E-state index in [4.69, 9.17) is 5.73 Å². The molecule has 1 aliphatic rings. The molecule has 6 nitrogen and oxygen atoms in total. The number of amides is 2. The molecule has 1 aliphatic heterocycles. The van der Waals surface area contributed by atoms with Crippen LogP contribution in [-0.4, -0.2) is 23.1 Å². The van der Waals surface area contributed by atoms with Crippen LogP contribution in [0, 0.1) is 5.41 Å². The highest BCUT2D eigenvalue weighted by atomic mass is 16.4. The van der Waals surface area contributed by atoms with Gasteiger partial charge in [-0.05, 0) is 67.1 Å². The van der Waals surface area contributed by atoms with E-state index in [0.29, 0.717) is 5.56 Å². The number of anilines is 2. The average Bonchev–Trinajstić information content (AvgIpc) is 2.59. The van der Waals surface area contributed by atoms with Gasteiger partial charge in [0.05, 0.1) is 11.6 Å². The van der Waals surface area contributed by atoms with Crippen molar-refractivity contribution in [3.8, 4) is 0 Å². The molecule has 0 aromatic heterocycles. The predicted octanol–water partition coefficient (Wildman–Crippen LogP) is 4.41. The van der Waals surface area contributed by atoms with Crippen molar-refractivity contribution >= 4 is 23.4 Å². The third kappa shape index (κ3) is 3.67. The fourth-order valence-electron chi connectivity index (χ4n) is 4.03. The number of nitrogens with zero attached hydrogens (tertiary/aromatic N) is 1. The maximum atomic E-state index is 11.9. The van der Waals surface area contributed by atoms with Gasteiger partial charge in [0.2, 0.25) is 0 Å². The van der Waals surface area contributed by atoms with Gasteiger partial charge in [-0.25, -0.2) is 9.59 Å².